The van der Waals surface area contributed by atoms with Crippen LogP contribution in [0.25, 0.3) is 11.3 Å². The molecule has 0 radical (unpaired) electrons. The van der Waals surface area contributed by atoms with E-state index >= 15 is 0 Å². The molecule has 0 spiro atoms. The lowest BCUT2D eigenvalue weighted by Crippen LogP contribution is -2.46. The van der Waals surface area contributed by atoms with Crippen LogP contribution in [0, 0.1) is 13.8 Å². The Hall–Kier alpha value is -2.68. The van der Waals surface area contributed by atoms with Gasteiger partial charge in [-0.1, -0.05) is 5.16 Å². The molecule has 0 atom stereocenters. The number of hydrogen-bond donors (Lipinski definition) is 1. The van der Waals surface area contributed by atoms with E-state index in [4.69, 9.17) is 4.52 Å². The number of rotatable bonds is 4. The van der Waals surface area contributed by atoms with E-state index in [9.17, 15) is 0 Å². The average molecular weight is 342 g/mol. The molecule has 9 nitrogen and oxygen atoms in total. The molecule has 9 heteroatoms. The largest absolute Gasteiger partial charge is 0.359 e. The predicted octanol–water partition coefficient (Wildman–Crippen LogP) is 1.13. The summed E-state index contributed by atoms with van der Waals surface area (Å²) in [6.07, 6.45) is 1.83. The number of nitrogens with one attached hydrogen (secondary N) is 1. The molecule has 4 rings (SSSR count). The first-order valence-electron chi connectivity index (χ1n) is 8.41. The third kappa shape index (κ3) is 3.14. The van der Waals surface area contributed by atoms with Gasteiger partial charge in [-0.3, -0.25) is 14.7 Å². The van der Waals surface area contributed by atoms with Gasteiger partial charge >= 0.3 is 0 Å². The Morgan fingerprint density at radius 2 is 2.00 bits per heavy atom. The zero-order chi connectivity index (χ0) is 17.4. The second-order valence-corrected chi connectivity index (χ2v) is 6.43. The van der Waals surface area contributed by atoms with E-state index in [1.54, 1.807) is 0 Å². The van der Waals surface area contributed by atoms with Gasteiger partial charge in [0.1, 0.15) is 11.5 Å². The summed E-state index contributed by atoms with van der Waals surface area (Å²) in [6.45, 7) is 8.39. The minimum Gasteiger partial charge on any atom is -0.359 e. The summed E-state index contributed by atoms with van der Waals surface area (Å²) in [5.74, 6) is 2.50. The molecule has 0 unspecified atom stereocenters. The van der Waals surface area contributed by atoms with Crippen LogP contribution in [-0.2, 0) is 13.6 Å². The van der Waals surface area contributed by atoms with Crippen molar-refractivity contribution in [3.63, 3.8) is 0 Å². The number of aryl methyl sites for hydroxylation is 2. The number of piperazine rings is 1. The van der Waals surface area contributed by atoms with E-state index in [0.29, 0.717) is 0 Å². The zero-order valence-electron chi connectivity index (χ0n) is 14.7. The van der Waals surface area contributed by atoms with Crippen molar-refractivity contribution in [3.05, 3.63) is 29.5 Å². The highest BCUT2D eigenvalue weighted by Gasteiger charge is 2.21. The van der Waals surface area contributed by atoms with Gasteiger partial charge in [0.05, 0.1) is 12.7 Å². The molecule has 1 aliphatic heterocycles. The van der Waals surface area contributed by atoms with Gasteiger partial charge in [0, 0.05) is 50.6 Å². The molecule has 0 aliphatic carbocycles. The molecule has 3 aromatic rings. The molecule has 25 heavy (non-hydrogen) atoms. The van der Waals surface area contributed by atoms with Gasteiger partial charge < -0.3 is 9.42 Å². The first kappa shape index (κ1) is 15.8. The fraction of sp³-hybridized carbons (Fsp3) is 0.500. The van der Waals surface area contributed by atoms with Crippen molar-refractivity contribution in [1.29, 1.82) is 0 Å². The lowest BCUT2D eigenvalue weighted by molar-refractivity contribution is 0.219. The normalized spacial score (nSPS) is 15.9. The van der Waals surface area contributed by atoms with E-state index in [2.05, 4.69) is 35.2 Å². The number of anilines is 1. The average Bonchev–Trinajstić information content (AvgIpc) is 3.31. The Kier molecular flexibility index (Phi) is 4.00. The van der Waals surface area contributed by atoms with Gasteiger partial charge in [-0.15, -0.1) is 5.10 Å². The zero-order valence-corrected chi connectivity index (χ0v) is 14.7. The third-order valence-electron chi connectivity index (χ3n) is 4.69. The molecule has 0 aromatic carbocycles. The van der Waals surface area contributed by atoms with Gasteiger partial charge in [-0.25, -0.2) is 0 Å². The van der Waals surface area contributed by atoms with Crippen LogP contribution in [0.5, 0.6) is 0 Å². The third-order valence-corrected chi connectivity index (χ3v) is 4.69. The summed E-state index contributed by atoms with van der Waals surface area (Å²) in [5, 5.41) is 15.6. The van der Waals surface area contributed by atoms with Crippen LogP contribution in [0.3, 0.4) is 0 Å². The molecule has 0 amide bonds. The Morgan fingerprint density at radius 3 is 2.64 bits per heavy atom. The summed E-state index contributed by atoms with van der Waals surface area (Å²) >= 11 is 0. The Labute approximate surface area is 145 Å². The van der Waals surface area contributed by atoms with Crippen LogP contribution in [0.4, 0.5) is 5.95 Å². The quantitative estimate of drug-likeness (QED) is 0.760. The van der Waals surface area contributed by atoms with Crippen LogP contribution >= 0.6 is 0 Å². The van der Waals surface area contributed by atoms with Gasteiger partial charge in [0.15, 0.2) is 5.76 Å². The molecular weight excluding hydrogens is 320 g/mol. The second-order valence-electron chi connectivity index (χ2n) is 6.43. The van der Waals surface area contributed by atoms with Gasteiger partial charge in [-0.05, 0) is 13.8 Å². The van der Waals surface area contributed by atoms with Crippen molar-refractivity contribution in [2.45, 2.75) is 20.4 Å². The Balaban J connectivity index is 1.37. The topological polar surface area (TPSA) is 91.9 Å². The first-order chi connectivity index (χ1) is 12.1. The molecule has 0 bridgehead atoms. The van der Waals surface area contributed by atoms with Crippen molar-refractivity contribution < 1.29 is 4.52 Å². The molecule has 1 aliphatic rings. The Bertz CT molecular complexity index is 855. The molecule has 0 saturated carbocycles. The number of nitrogens with zero attached hydrogens (tertiary/aromatic N) is 7. The summed E-state index contributed by atoms with van der Waals surface area (Å²) in [6, 6.07) is 2.01. The fourth-order valence-electron chi connectivity index (χ4n) is 3.06. The van der Waals surface area contributed by atoms with Crippen molar-refractivity contribution in [1.82, 2.24) is 35.0 Å². The van der Waals surface area contributed by atoms with Crippen LogP contribution < -0.4 is 4.90 Å². The lowest BCUT2D eigenvalue weighted by Gasteiger charge is -2.33. The number of aromatic amines is 1. The van der Waals surface area contributed by atoms with E-state index in [1.807, 2.05) is 37.8 Å². The molecule has 4 heterocycles. The highest BCUT2D eigenvalue weighted by atomic mass is 16.5. The lowest BCUT2D eigenvalue weighted by atomic mass is 10.2. The summed E-state index contributed by atoms with van der Waals surface area (Å²) in [7, 11) is 1.93. The van der Waals surface area contributed by atoms with Crippen molar-refractivity contribution >= 4 is 5.95 Å². The first-order valence-corrected chi connectivity index (χ1v) is 8.41. The number of H-pyrrole nitrogens is 1. The van der Waals surface area contributed by atoms with Crippen LogP contribution in [0.2, 0.25) is 0 Å². The van der Waals surface area contributed by atoms with E-state index in [1.165, 1.54) is 0 Å². The fourth-order valence-corrected chi connectivity index (χ4v) is 3.06. The van der Waals surface area contributed by atoms with Gasteiger partial charge in [0.2, 0.25) is 5.95 Å². The summed E-state index contributed by atoms with van der Waals surface area (Å²) in [4.78, 5) is 8.95. The number of aromatic nitrogens is 6. The highest BCUT2D eigenvalue weighted by molar-refractivity contribution is 5.60. The summed E-state index contributed by atoms with van der Waals surface area (Å²) in [5.41, 5.74) is 2.94. The number of hydrogen-bond acceptors (Lipinski definition) is 7. The minimum atomic E-state index is 0.757. The standard InChI is InChI=1S/C16H22N8O/c1-11-14(9-17-22(11)3)15-8-13(25-21-15)10-23-4-6-24(7-5-23)16-18-12(2)19-20-16/h8-9H,4-7,10H2,1-3H3,(H,18,19,20). The second kappa shape index (κ2) is 6.32. The van der Waals surface area contributed by atoms with Crippen molar-refractivity contribution in [3.8, 4) is 11.3 Å². The molecule has 3 aromatic heterocycles. The maximum atomic E-state index is 5.53. The van der Waals surface area contributed by atoms with Gasteiger partial charge in [0.25, 0.3) is 0 Å². The molecule has 132 valence electrons. The van der Waals surface area contributed by atoms with E-state index in [-0.39, 0.29) is 0 Å². The smallest absolute Gasteiger partial charge is 0.244 e. The van der Waals surface area contributed by atoms with Crippen molar-refractivity contribution in [2.75, 3.05) is 31.1 Å². The van der Waals surface area contributed by atoms with Crippen LogP contribution in [0.15, 0.2) is 16.8 Å². The maximum Gasteiger partial charge on any atom is 0.244 e. The maximum absolute atomic E-state index is 5.53. The molecule has 1 N–H and O–H groups in total. The molecular formula is C16H22N8O. The summed E-state index contributed by atoms with van der Waals surface area (Å²) < 4.78 is 7.37. The van der Waals surface area contributed by atoms with Gasteiger partial charge in [-0.2, -0.15) is 10.1 Å². The minimum absolute atomic E-state index is 0.757. The van der Waals surface area contributed by atoms with Crippen LogP contribution in [0.1, 0.15) is 17.3 Å². The Morgan fingerprint density at radius 1 is 1.20 bits per heavy atom. The van der Waals surface area contributed by atoms with E-state index in [0.717, 1.165) is 67.2 Å². The molecule has 1 saturated heterocycles. The monoisotopic (exact) mass is 342 g/mol. The molecule has 1 fully saturated rings. The van der Waals surface area contributed by atoms with Crippen LogP contribution in [-0.4, -0.2) is 61.2 Å². The highest BCUT2D eigenvalue weighted by Crippen LogP contribution is 2.23. The van der Waals surface area contributed by atoms with Crippen molar-refractivity contribution in [2.24, 2.45) is 7.05 Å². The van der Waals surface area contributed by atoms with E-state index < -0.39 is 0 Å². The predicted molar refractivity (Wildman–Crippen MR) is 92.1 cm³/mol. The SMILES string of the molecule is Cc1nc(N2CCN(Cc3cc(-c4cnn(C)c4C)no3)CC2)n[nH]1.